The molecule has 156 valence electrons. The van der Waals surface area contributed by atoms with Crippen LogP contribution in [0, 0.1) is 23.0 Å². The van der Waals surface area contributed by atoms with Crippen LogP contribution in [0.4, 0.5) is 8.78 Å². The molecular weight excluding hydrogens is 424 g/mol. The molecule has 4 nitrogen and oxygen atoms in total. The van der Waals surface area contributed by atoms with E-state index in [1.165, 1.54) is 19.2 Å². The standard InChI is InChI=1S/C24H16ClF2NO3/c1-13-19-18(31-24(13,12-29)15-6-4-3-5-7-15)10-16(26)22(25)21(19)20-14(11-28)8-9-17(30-2)23(20)27/h3-10,12-13H,1-2H3. The monoisotopic (exact) mass is 439 g/mol. The third kappa shape index (κ3) is 2.96. The van der Waals surface area contributed by atoms with Gasteiger partial charge in [-0.2, -0.15) is 5.26 Å². The molecule has 3 aromatic rings. The molecule has 2 unspecified atom stereocenters. The van der Waals surface area contributed by atoms with Crippen molar-refractivity contribution in [3.8, 4) is 28.7 Å². The van der Waals surface area contributed by atoms with Crippen molar-refractivity contribution in [1.29, 1.82) is 5.26 Å². The van der Waals surface area contributed by atoms with E-state index in [1.54, 1.807) is 37.3 Å². The van der Waals surface area contributed by atoms with Gasteiger partial charge in [-0.25, -0.2) is 8.78 Å². The second-order valence-electron chi connectivity index (χ2n) is 7.18. The predicted octanol–water partition coefficient (Wildman–Crippen LogP) is 5.76. The SMILES string of the molecule is COc1ccc(C#N)c(-c2c(Cl)c(F)cc3c2C(C)C(C=O)(c2ccccc2)O3)c1F. The van der Waals surface area contributed by atoms with Gasteiger partial charge in [0.15, 0.2) is 23.5 Å². The van der Waals surface area contributed by atoms with Gasteiger partial charge in [0.1, 0.15) is 11.6 Å². The van der Waals surface area contributed by atoms with Crippen molar-refractivity contribution >= 4 is 17.9 Å². The van der Waals surface area contributed by atoms with Crippen molar-refractivity contribution in [1.82, 2.24) is 0 Å². The van der Waals surface area contributed by atoms with Crippen molar-refractivity contribution in [2.75, 3.05) is 7.11 Å². The largest absolute Gasteiger partial charge is 0.494 e. The third-order valence-electron chi connectivity index (χ3n) is 5.67. The zero-order valence-corrected chi connectivity index (χ0v) is 17.3. The Balaban J connectivity index is 2.06. The maximum Gasteiger partial charge on any atom is 0.195 e. The van der Waals surface area contributed by atoms with Crippen LogP contribution < -0.4 is 9.47 Å². The summed E-state index contributed by atoms with van der Waals surface area (Å²) in [5, 5.41) is 9.22. The maximum atomic E-state index is 15.3. The van der Waals surface area contributed by atoms with Gasteiger partial charge in [-0.3, -0.25) is 4.79 Å². The van der Waals surface area contributed by atoms with Gasteiger partial charge in [-0.15, -0.1) is 0 Å². The number of carbonyl (C=O) groups excluding carboxylic acids is 1. The van der Waals surface area contributed by atoms with Crippen LogP contribution in [-0.4, -0.2) is 13.4 Å². The van der Waals surface area contributed by atoms with Crippen LogP contribution in [0.5, 0.6) is 11.5 Å². The molecule has 1 heterocycles. The fourth-order valence-electron chi connectivity index (χ4n) is 4.11. The lowest BCUT2D eigenvalue weighted by Gasteiger charge is -2.28. The highest BCUT2D eigenvalue weighted by molar-refractivity contribution is 6.34. The summed E-state index contributed by atoms with van der Waals surface area (Å²) in [5.74, 6) is -2.44. The van der Waals surface area contributed by atoms with Gasteiger partial charge in [0, 0.05) is 34.2 Å². The summed E-state index contributed by atoms with van der Waals surface area (Å²) in [6, 6.07) is 14.4. The van der Waals surface area contributed by atoms with E-state index in [0.29, 0.717) is 17.4 Å². The number of fused-ring (bicyclic) bond motifs is 1. The maximum absolute atomic E-state index is 15.3. The highest BCUT2D eigenvalue weighted by Crippen LogP contribution is 2.55. The van der Waals surface area contributed by atoms with Gasteiger partial charge in [0.25, 0.3) is 0 Å². The lowest BCUT2D eigenvalue weighted by molar-refractivity contribution is -0.122. The first-order chi connectivity index (χ1) is 14.9. The average molecular weight is 440 g/mol. The number of ether oxygens (including phenoxy) is 2. The summed E-state index contributed by atoms with van der Waals surface area (Å²) in [4.78, 5) is 12.3. The van der Waals surface area contributed by atoms with Crippen molar-refractivity contribution in [3.05, 3.63) is 81.9 Å². The summed E-state index contributed by atoms with van der Waals surface area (Å²) in [6.07, 6.45) is 0.649. The van der Waals surface area contributed by atoms with Gasteiger partial charge in [-0.1, -0.05) is 48.9 Å². The fourth-order valence-corrected chi connectivity index (χ4v) is 4.37. The second kappa shape index (κ2) is 7.68. The minimum absolute atomic E-state index is 0.0308. The molecule has 0 bridgehead atoms. The number of halogens is 3. The van der Waals surface area contributed by atoms with E-state index in [2.05, 4.69) is 0 Å². The Kier molecular flexibility index (Phi) is 5.16. The summed E-state index contributed by atoms with van der Waals surface area (Å²) in [6.45, 7) is 1.72. The zero-order valence-electron chi connectivity index (χ0n) is 16.6. The number of rotatable bonds is 4. The summed E-state index contributed by atoms with van der Waals surface area (Å²) in [5.41, 5.74) is -0.848. The minimum Gasteiger partial charge on any atom is -0.494 e. The number of hydrogen-bond acceptors (Lipinski definition) is 4. The summed E-state index contributed by atoms with van der Waals surface area (Å²) >= 11 is 6.32. The predicted molar refractivity (Wildman–Crippen MR) is 111 cm³/mol. The van der Waals surface area contributed by atoms with Crippen LogP contribution in [0.2, 0.25) is 5.02 Å². The van der Waals surface area contributed by atoms with Crippen molar-refractivity contribution in [2.45, 2.75) is 18.4 Å². The van der Waals surface area contributed by atoms with E-state index in [1.807, 2.05) is 6.07 Å². The molecule has 0 amide bonds. The van der Waals surface area contributed by atoms with Crippen molar-refractivity contribution < 1.29 is 23.0 Å². The van der Waals surface area contributed by atoms with E-state index < -0.39 is 23.2 Å². The van der Waals surface area contributed by atoms with Gasteiger partial charge < -0.3 is 9.47 Å². The number of hydrogen-bond donors (Lipinski definition) is 0. The fraction of sp³-hybridized carbons (Fsp3) is 0.167. The number of benzene rings is 3. The van der Waals surface area contributed by atoms with Crippen LogP contribution in [0.1, 0.15) is 29.5 Å². The summed E-state index contributed by atoms with van der Waals surface area (Å²) < 4.78 is 41.2. The lowest BCUT2D eigenvalue weighted by atomic mass is 9.78. The molecule has 0 saturated heterocycles. The number of methoxy groups -OCH3 is 1. The highest BCUT2D eigenvalue weighted by Gasteiger charge is 2.50. The molecule has 4 rings (SSSR count). The Labute approximate surface area is 182 Å². The van der Waals surface area contributed by atoms with E-state index in [0.717, 1.165) is 6.07 Å². The Morgan fingerprint density at radius 2 is 1.90 bits per heavy atom. The van der Waals surface area contributed by atoms with Crippen LogP contribution in [-0.2, 0) is 10.4 Å². The van der Waals surface area contributed by atoms with E-state index in [9.17, 15) is 14.4 Å². The number of aldehydes is 1. The average Bonchev–Trinajstić information content (AvgIpc) is 3.07. The molecule has 0 radical (unpaired) electrons. The normalized spacial score (nSPS) is 19.3. The van der Waals surface area contributed by atoms with Gasteiger partial charge in [0.05, 0.1) is 23.8 Å². The van der Waals surface area contributed by atoms with Crippen molar-refractivity contribution in [2.24, 2.45) is 0 Å². The topological polar surface area (TPSA) is 59.3 Å². The minimum atomic E-state index is -1.46. The molecule has 2 atom stereocenters. The molecule has 0 saturated carbocycles. The third-order valence-corrected chi connectivity index (χ3v) is 6.04. The molecule has 0 N–H and O–H groups in total. The molecule has 0 fully saturated rings. The molecule has 0 aliphatic carbocycles. The first-order valence-corrected chi connectivity index (χ1v) is 9.77. The lowest BCUT2D eigenvalue weighted by Crippen LogP contribution is -2.35. The number of nitrogens with zero attached hydrogens (tertiary/aromatic N) is 1. The molecule has 31 heavy (non-hydrogen) atoms. The quantitative estimate of drug-likeness (QED) is 0.485. The summed E-state index contributed by atoms with van der Waals surface area (Å²) in [7, 11) is 1.28. The van der Waals surface area contributed by atoms with Crippen molar-refractivity contribution in [3.63, 3.8) is 0 Å². The van der Waals surface area contributed by atoms with Gasteiger partial charge in [0.2, 0.25) is 0 Å². The Morgan fingerprint density at radius 3 is 2.52 bits per heavy atom. The Hall–Kier alpha value is -3.43. The first kappa shape index (κ1) is 20.8. The molecule has 0 aromatic heterocycles. The molecular formula is C24H16ClF2NO3. The Bertz CT molecular complexity index is 1240. The molecule has 1 aliphatic rings. The van der Waals surface area contributed by atoms with Crippen LogP contribution in [0.15, 0.2) is 48.5 Å². The van der Waals surface area contributed by atoms with Crippen LogP contribution in [0.3, 0.4) is 0 Å². The number of carbonyl (C=O) groups is 1. The molecule has 3 aromatic carbocycles. The molecule has 0 spiro atoms. The molecule has 7 heteroatoms. The second-order valence-corrected chi connectivity index (χ2v) is 7.55. The highest BCUT2D eigenvalue weighted by atomic mass is 35.5. The van der Waals surface area contributed by atoms with Crippen LogP contribution in [0.25, 0.3) is 11.1 Å². The van der Waals surface area contributed by atoms with E-state index in [4.69, 9.17) is 21.1 Å². The molecule has 1 aliphatic heterocycles. The van der Waals surface area contributed by atoms with Crippen LogP contribution >= 0.6 is 11.6 Å². The van der Waals surface area contributed by atoms with E-state index in [-0.39, 0.29) is 33.2 Å². The van der Waals surface area contributed by atoms with E-state index >= 15 is 4.39 Å². The van der Waals surface area contributed by atoms with Gasteiger partial charge >= 0.3 is 0 Å². The van der Waals surface area contributed by atoms with Gasteiger partial charge in [-0.05, 0) is 12.1 Å². The zero-order chi connectivity index (χ0) is 22.3. The first-order valence-electron chi connectivity index (χ1n) is 9.39. The Morgan fingerprint density at radius 1 is 1.19 bits per heavy atom. The number of nitriles is 1. The smallest absolute Gasteiger partial charge is 0.195 e.